The molecular formula is C21H28N2O4. The number of hydrogen-bond donors (Lipinski definition) is 1. The van der Waals surface area contributed by atoms with Crippen LogP contribution in [0.5, 0.6) is 5.75 Å². The van der Waals surface area contributed by atoms with Crippen molar-refractivity contribution in [1.29, 1.82) is 0 Å². The lowest BCUT2D eigenvalue weighted by atomic mass is 9.96. The van der Waals surface area contributed by atoms with Crippen molar-refractivity contribution in [3.05, 3.63) is 42.0 Å². The summed E-state index contributed by atoms with van der Waals surface area (Å²) in [5.74, 6) is -0.178. The second kappa shape index (κ2) is 9.17. The summed E-state index contributed by atoms with van der Waals surface area (Å²) >= 11 is 0. The van der Waals surface area contributed by atoms with E-state index in [0.717, 1.165) is 36.0 Å². The summed E-state index contributed by atoms with van der Waals surface area (Å²) in [5.41, 5.74) is 0.757. The van der Waals surface area contributed by atoms with Crippen LogP contribution in [0.1, 0.15) is 18.5 Å². The summed E-state index contributed by atoms with van der Waals surface area (Å²) in [6.07, 6.45) is 0. The summed E-state index contributed by atoms with van der Waals surface area (Å²) in [6.45, 7) is 7.07. The van der Waals surface area contributed by atoms with Crippen molar-refractivity contribution in [2.45, 2.75) is 13.0 Å². The number of methoxy groups -OCH3 is 1. The number of carbonyl (C=O) groups is 1. The number of aliphatic carboxylic acids is 1. The molecule has 0 bridgehead atoms. The Bertz CT molecular complexity index is 772. The lowest BCUT2D eigenvalue weighted by molar-refractivity contribution is -0.144. The van der Waals surface area contributed by atoms with Gasteiger partial charge in [0.05, 0.1) is 13.2 Å². The van der Waals surface area contributed by atoms with Gasteiger partial charge in [-0.15, -0.1) is 0 Å². The SMILES string of the molecule is CCOc1ccc2ccccc2c1C(C(=O)O)N1CCN(CCOC)CC1. The van der Waals surface area contributed by atoms with Crippen LogP contribution in [-0.4, -0.2) is 73.9 Å². The minimum absolute atomic E-state index is 0.502. The van der Waals surface area contributed by atoms with E-state index in [1.165, 1.54) is 0 Å². The molecule has 27 heavy (non-hydrogen) atoms. The molecule has 0 aliphatic carbocycles. The summed E-state index contributed by atoms with van der Waals surface area (Å²) in [5, 5.41) is 12.1. The topological polar surface area (TPSA) is 62.2 Å². The second-order valence-electron chi connectivity index (χ2n) is 6.74. The van der Waals surface area contributed by atoms with Crippen LogP contribution in [-0.2, 0) is 9.53 Å². The van der Waals surface area contributed by atoms with Crippen molar-refractivity contribution in [2.75, 3.05) is 53.0 Å². The van der Waals surface area contributed by atoms with Crippen LogP contribution in [0.3, 0.4) is 0 Å². The number of nitrogens with zero attached hydrogens (tertiary/aromatic N) is 2. The van der Waals surface area contributed by atoms with Crippen LogP contribution in [0.15, 0.2) is 36.4 Å². The van der Waals surface area contributed by atoms with Crippen molar-refractivity contribution in [3.63, 3.8) is 0 Å². The van der Waals surface area contributed by atoms with Crippen molar-refractivity contribution in [3.8, 4) is 5.75 Å². The highest BCUT2D eigenvalue weighted by atomic mass is 16.5. The van der Waals surface area contributed by atoms with Crippen LogP contribution in [0, 0.1) is 0 Å². The molecule has 0 spiro atoms. The Morgan fingerprint density at radius 3 is 2.56 bits per heavy atom. The van der Waals surface area contributed by atoms with Gasteiger partial charge < -0.3 is 14.6 Å². The second-order valence-corrected chi connectivity index (χ2v) is 6.74. The summed E-state index contributed by atoms with van der Waals surface area (Å²) in [4.78, 5) is 16.7. The molecule has 0 radical (unpaired) electrons. The Morgan fingerprint density at radius 1 is 1.15 bits per heavy atom. The van der Waals surface area contributed by atoms with E-state index in [1.54, 1.807) is 7.11 Å². The highest BCUT2D eigenvalue weighted by Gasteiger charge is 2.33. The average molecular weight is 372 g/mol. The maximum atomic E-state index is 12.3. The monoisotopic (exact) mass is 372 g/mol. The Hall–Kier alpha value is -2.15. The van der Waals surface area contributed by atoms with E-state index in [2.05, 4.69) is 9.80 Å². The quantitative estimate of drug-likeness (QED) is 0.769. The van der Waals surface area contributed by atoms with Gasteiger partial charge in [-0.25, -0.2) is 0 Å². The van der Waals surface area contributed by atoms with Gasteiger partial charge in [0.1, 0.15) is 11.8 Å². The number of fused-ring (bicyclic) bond motifs is 1. The number of hydrogen-bond acceptors (Lipinski definition) is 5. The molecule has 146 valence electrons. The van der Waals surface area contributed by atoms with Crippen LogP contribution in [0.4, 0.5) is 0 Å². The summed E-state index contributed by atoms with van der Waals surface area (Å²) in [7, 11) is 1.70. The van der Waals surface area contributed by atoms with Gasteiger partial charge in [-0.2, -0.15) is 0 Å². The molecular weight excluding hydrogens is 344 g/mol. The van der Waals surface area contributed by atoms with Crippen LogP contribution in [0.25, 0.3) is 10.8 Å². The molecule has 6 nitrogen and oxygen atoms in total. The first-order valence-electron chi connectivity index (χ1n) is 9.48. The van der Waals surface area contributed by atoms with E-state index in [9.17, 15) is 9.90 Å². The molecule has 1 aliphatic rings. The normalized spacial score (nSPS) is 17.1. The number of rotatable bonds is 8. The van der Waals surface area contributed by atoms with Gasteiger partial charge in [-0.05, 0) is 23.8 Å². The zero-order chi connectivity index (χ0) is 19.2. The molecule has 1 fully saturated rings. The van der Waals surface area contributed by atoms with Crippen molar-refractivity contribution in [2.24, 2.45) is 0 Å². The van der Waals surface area contributed by atoms with E-state index < -0.39 is 12.0 Å². The van der Waals surface area contributed by atoms with E-state index >= 15 is 0 Å². The highest BCUT2D eigenvalue weighted by Crippen LogP contribution is 2.37. The predicted octanol–water partition coefficient (Wildman–Crippen LogP) is 2.63. The molecule has 1 unspecified atom stereocenters. The molecule has 6 heteroatoms. The van der Waals surface area contributed by atoms with Crippen LogP contribution >= 0.6 is 0 Å². The molecule has 1 saturated heterocycles. The van der Waals surface area contributed by atoms with Gasteiger partial charge in [0.15, 0.2) is 0 Å². The lowest BCUT2D eigenvalue weighted by Crippen LogP contribution is -2.50. The number of carboxylic acid groups (broad SMARTS) is 1. The summed E-state index contributed by atoms with van der Waals surface area (Å²) < 4.78 is 11.0. The first-order chi connectivity index (χ1) is 13.2. The van der Waals surface area contributed by atoms with E-state index in [1.807, 2.05) is 43.3 Å². The van der Waals surface area contributed by atoms with Gasteiger partial charge >= 0.3 is 5.97 Å². The van der Waals surface area contributed by atoms with Crippen LogP contribution in [0.2, 0.25) is 0 Å². The molecule has 1 heterocycles. The molecule has 0 amide bonds. The zero-order valence-electron chi connectivity index (χ0n) is 16.1. The number of piperazine rings is 1. The molecule has 1 aliphatic heterocycles. The summed E-state index contributed by atoms with van der Waals surface area (Å²) in [6, 6.07) is 11.1. The molecule has 1 atom stereocenters. The average Bonchev–Trinajstić information content (AvgIpc) is 2.69. The van der Waals surface area contributed by atoms with Crippen molar-refractivity contribution >= 4 is 16.7 Å². The third kappa shape index (κ3) is 4.40. The third-order valence-electron chi connectivity index (χ3n) is 5.12. The minimum Gasteiger partial charge on any atom is -0.493 e. The fourth-order valence-electron chi connectivity index (χ4n) is 3.77. The van der Waals surface area contributed by atoms with E-state index in [4.69, 9.17) is 9.47 Å². The Balaban J connectivity index is 1.93. The van der Waals surface area contributed by atoms with E-state index in [0.29, 0.717) is 32.1 Å². The van der Waals surface area contributed by atoms with Crippen molar-refractivity contribution < 1.29 is 19.4 Å². The minimum atomic E-state index is -0.836. The van der Waals surface area contributed by atoms with Gasteiger partial charge in [0.2, 0.25) is 0 Å². The van der Waals surface area contributed by atoms with E-state index in [-0.39, 0.29) is 0 Å². The number of carboxylic acids is 1. The molecule has 1 N–H and O–H groups in total. The fourth-order valence-corrected chi connectivity index (χ4v) is 3.77. The first kappa shape index (κ1) is 19.6. The van der Waals surface area contributed by atoms with Gasteiger partial charge in [0, 0.05) is 45.4 Å². The van der Waals surface area contributed by atoms with Gasteiger partial charge in [-0.3, -0.25) is 14.6 Å². The molecule has 2 aromatic carbocycles. The standard InChI is InChI=1S/C21H28N2O4/c1-3-27-18-9-8-16-6-4-5-7-17(16)19(18)20(21(24)25)23-12-10-22(11-13-23)14-15-26-2/h4-9,20H,3,10-15H2,1-2H3,(H,24,25). The van der Waals surface area contributed by atoms with Gasteiger partial charge in [0.25, 0.3) is 0 Å². The van der Waals surface area contributed by atoms with Gasteiger partial charge in [-0.1, -0.05) is 30.3 Å². The van der Waals surface area contributed by atoms with Crippen molar-refractivity contribution in [1.82, 2.24) is 9.80 Å². The Kier molecular flexibility index (Phi) is 6.66. The molecule has 0 saturated carbocycles. The zero-order valence-corrected chi connectivity index (χ0v) is 16.1. The predicted molar refractivity (Wildman–Crippen MR) is 105 cm³/mol. The number of ether oxygens (including phenoxy) is 2. The molecule has 0 aromatic heterocycles. The molecule has 3 rings (SSSR count). The number of benzene rings is 2. The largest absolute Gasteiger partial charge is 0.493 e. The van der Waals surface area contributed by atoms with Crippen LogP contribution < -0.4 is 4.74 Å². The Labute approximate surface area is 160 Å². The Morgan fingerprint density at radius 2 is 1.89 bits per heavy atom. The smallest absolute Gasteiger partial charge is 0.325 e. The fraction of sp³-hybridized carbons (Fsp3) is 0.476. The first-order valence-corrected chi connectivity index (χ1v) is 9.48. The highest BCUT2D eigenvalue weighted by molar-refractivity contribution is 5.92. The molecule has 2 aromatic rings. The maximum Gasteiger partial charge on any atom is 0.325 e. The third-order valence-corrected chi connectivity index (χ3v) is 5.12. The lowest BCUT2D eigenvalue weighted by Gasteiger charge is -2.38. The maximum absolute atomic E-state index is 12.3.